The molecule has 2 amide bonds. The van der Waals surface area contributed by atoms with Crippen LogP contribution in [0.3, 0.4) is 0 Å². The van der Waals surface area contributed by atoms with Gasteiger partial charge in [-0.05, 0) is 72.3 Å². The minimum atomic E-state index is -4.01. The van der Waals surface area contributed by atoms with Crippen molar-refractivity contribution < 1.29 is 22.4 Å². The van der Waals surface area contributed by atoms with Gasteiger partial charge in [-0.15, -0.1) is 0 Å². The number of hydrogen-bond acceptors (Lipinski definition) is 6. The van der Waals surface area contributed by atoms with Crippen molar-refractivity contribution in [2.24, 2.45) is 5.10 Å². The van der Waals surface area contributed by atoms with Crippen LogP contribution in [0.1, 0.15) is 17.1 Å². The Labute approximate surface area is 266 Å². The third-order valence-electron chi connectivity index (χ3n) is 5.55. The zero-order valence-corrected chi connectivity index (χ0v) is 25.7. The number of anilines is 1. The molecule has 1 aromatic heterocycles. The van der Waals surface area contributed by atoms with E-state index in [0.29, 0.717) is 20.6 Å². The minimum Gasteiger partial charge on any atom is -0.459 e. The van der Waals surface area contributed by atoms with Gasteiger partial charge in [0.25, 0.3) is 0 Å². The summed E-state index contributed by atoms with van der Waals surface area (Å²) in [6, 6.07) is 18.0. The van der Waals surface area contributed by atoms with Crippen LogP contribution in [-0.4, -0.2) is 30.8 Å². The molecule has 9 nitrogen and oxygen atoms in total. The molecule has 0 aliphatic carbocycles. The summed E-state index contributed by atoms with van der Waals surface area (Å²) in [6.45, 7) is -0.201. The van der Waals surface area contributed by atoms with Crippen molar-refractivity contribution >= 4 is 91.7 Å². The molecule has 0 saturated heterocycles. The van der Waals surface area contributed by atoms with Gasteiger partial charge in [-0.1, -0.05) is 64.1 Å². The number of carbonyl (C=O) groups is 2. The first kappa shape index (κ1) is 31.8. The Kier molecular flexibility index (Phi) is 10.6. The fourth-order valence-corrected chi connectivity index (χ4v) is 5.65. The molecule has 218 valence electrons. The van der Waals surface area contributed by atoms with Crippen LogP contribution < -0.4 is 10.7 Å². The third-order valence-corrected chi connectivity index (χ3v) is 9.09. The highest BCUT2D eigenvalue weighted by Gasteiger charge is 2.26. The van der Waals surface area contributed by atoms with Gasteiger partial charge < -0.3 is 9.73 Å². The molecule has 0 atom stereocenters. The van der Waals surface area contributed by atoms with E-state index >= 15 is 0 Å². The highest BCUT2D eigenvalue weighted by molar-refractivity contribution is 7.89. The van der Waals surface area contributed by atoms with Crippen molar-refractivity contribution in [3.8, 4) is 0 Å². The Hall–Kier alpha value is -3.09. The average molecular weight is 689 g/mol. The molecule has 0 fully saturated rings. The van der Waals surface area contributed by atoms with Crippen molar-refractivity contribution in [1.29, 1.82) is 0 Å². The Morgan fingerprint density at radius 2 is 1.45 bits per heavy atom. The van der Waals surface area contributed by atoms with Crippen molar-refractivity contribution in [3.05, 3.63) is 115 Å². The summed E-state index contributed by atoms with van der Waals surface area (Å²) in [7, 11) is -4.01. The first-order valence-corrected chi connectivity index (χ1v) is 15.1. The number of furan rings is 1. The Morgan fingerprint density at radius 3 is 2.12 bits per heavy atom. The van der Waals surface area contributed by atoms with Gasteiger partial charge in [-0.25, -0.2) is 13.8 Å². The average Bonchev–Trinajstić information content (AvgIpc) is 3.39. The molecule has 0 bridgehead atoms. The van der Waals surface area contributed by atoms with Crippen molar-refractivity contribution in [1.82, 2.24) is 9.73 Å². The number of hydrazone groups is 1. The lowest BCUT2D eigenvalue weighted by Crippen LogP contribution is -2.32. The maximum absolute atomic E-state index is 13.5. The quantitative estimate of drug-likeness (QED) is 0.111. The van der Waals surface area contributed by atoms with E-state index in [-0.39, 0.29) is 45.2 Å². The molecular formula is C27H19Cl5N4O5S. The second-order valence-corrected chi connectivity index (χ2v) is 12.6. The van der Waals surface area contributed by atoms with Crippen LogP contribution in [0, 0.1) is 0 Å². The normalized spacial score (nSPS) is 11.7. The van der Waals surface area contributed by atoms with Crippen molar-refractivity contribution in [2.45, 2.75) is 18.0 Å². The molecule has 42 heavy (non-hydrogen) atoms. The Bertz CT molecular complexity index is 1760. The molecule has 0 spiro atoms. The highest BCUT2D eigenvalue weighted by Crippen LogP contribution is 2.27. The predicted molar refractivity (Wildman–Crippen MR) is 164 cm³/mol. The van der Waals surface area contributed by atoms with E-state index < -0.39 is 21.8 Å². The Morgan fingerprint density at radius 1 is 0.786 bits per heavy atom. The third kappa shape index (κ3) is 8.26. The topological polar surface area (TPSA) is 121 Å². The summed E-state index contributed by atoms with van der Waals surface area (Å²) in [5.41, 5.74) is 2.94. The first-order valence-electron chi connectivity index (χ1n) is 11.8. The van der Waals surface area contributed by atoms with E-state index in [4.69, 9.17) is 62.4 Å². The van der Waals surface area contributed by atoms with Crippen LogP contribution in [0.4, 0.5) is 5.69 Å². The molecule has 1 heterocycles. The molecule has 0 unspecified atom stereocenters. The van der Waals surface area contributed by atoms with Gasteiger partial charge in [0.2, 0.25) is 10.0 Å². The van der Waals surface area contributed by atoms with Crippen LogP contribution >= 0.6 is 58.0 Å². The van der Waals surface area contributed by atoms with Crippen LogP contribution in [-0.2, 0) is 32.7 Å². The van der Waals surface area contributed by atoms with Crippen molar-refractivity contribution in [3.63, 3.8) is 0 Å². The molecule has 0 aliphatic heterocycles. The van der Waals surface area contributed by atoms with Gasteiger partial charge in [0.1, 0.15) is 11.5 Å². The summed E-state index contributed by atoms with van der Waals surface area (Å²) in [6.07, 6.45) is 1.16. The summed E-state index contributed by atoms with van der Waals surface area (Å²) >= 11 is 29.8. The number of nitrogens with one attached hydrogen (secondary N) is 2. The van der Waals surface area contributed by atoms with Crippen LogP contribution in [0.25, 0.3) is 0 Å². The SMILES string of the molecule is O=C(N/N=C/c1ccc(CN(Cc2ccc(Cl)c(Cl)c2)S(=O)(=O)c2ccc(Cl)cc2)o1)C(=O)Nc1ccc(Cl)c(Cl)c1. The molecule has 15 heteroatoms. The number of amides is 2. The summed E-state index contributed by atoms with van der Waals surface area (Å²) in [5.74, 6) is -1.58. The minimum absolute atomic E-state index is 0.0298. The van der Waals surface area contributed by atoms with Gasteiger partial charge in [0.15, 0.2) is 0 Å². The van der Waals surface area contributed by atoms with E-state index in [1.807, 2.05) is 0 Å². The number of nitrogens with zero attached hydrogens (tertiary/aromatic N) is 2. The predicted octanol–water partition coefficient (Wildman–Crippen LogP) is 7.03. The number of sulfonamides is 1. The number of benzene rings is 3. The van der Waals surface area contributed by atoms with Gasteiger partial charge >= 0.3 is 11.8 Å². The van der Waals surface area contributed by atoms with Crippen LogP contribution in [0.2, 0.25) is 25.1 Å². The number of rotatable bonds is 9. The number of halogens is 5. The fourth-order valence-electron chi connectivity index (χ4n) is 3.51. The highest BCUT2D eigenvalue weighted by atomic mass is 35.5. The smallest absolute Gasteiger partial charge is 0.329 e. The Balaban J connectivity index is 1.45. The van der Waals surface area contributed by atoms with E-state index in [2.05, 4.69) is 15.8 Å². The molecular weight excluding hydrogens is 670 g/mol. The summed E-state index contributed by atoms with van der Waals surface area (Å²) in [4.78, 5) is 24.2. The molecule has 4 aromatic rings. The molecule has 0 aliphatic rings. The first-order chi connectivity index (χ1) is 19.9. The van der Waals surface area contributed by atoms with Gasteiger partial charge in [0, 0.05) is 17.3 Å². The van der Waals surface area contributed by atoms with E-state index in [9.17, 15) is 18.0 Å². The zero-order chi connectivity index (χ0) is 30.4. The zero-order valence-electron chi connectivity index (χ0n) is 21.2. The molecule has 0 radical (unpaired) electrons. The lowest BCUT2D eigenvalue weighted by atomic mass is 10.2. The van der Waals surface area contributed by atoms with E-state index in [0.717, 1.165) is 6.21 Å². The monoisotopic (exact) mass is 686 g/mol. The van der Waals surface area contributed by atoms with E-state index in [1.165, 1.54) is 52.8 Å². The van der Waals surface area contributed by atoms with Gasteiger partial charge in [-0.2, -0.15) is 9.41 Å². The van der Waals surface area contributed by atoms with Crippen LogP contribution in [0.15, 0.2) is 87.2 Å². The largest absolute Gasteiger partial charge is 0.459 e. The number of hydrogen-bond donors (Lipinski definition) is 2. The van der Waals surface area contributed by atoms with Gasteiger partial charge in [-0.3, -0.25) is 9.59 Å². The van der Waals surface area contributed by atoms with Crippen molar-refractivity contribution in [2.75, 3.05) is 5.32 Å². The summed E-state index contributed by atoms with van der Waals surface area (Å²) < 4.78 is 34.0. The lowest BCUT2D eigenvalue weighted by Gasteiger charge is -2.22. The van der Waals surface area contributed by atoms with Crippen LogP contribution in [0.5, 0.6) is 0 Å². The molecule has 0 saturated carbocycles. The second-order valence-electron chi connectivity index (χ2n) is 8.56. The fraction of sp³-hybridized carbons (Fsp3) is 0.0741. The lowest BCUT2D eigenvalue weighted by molar-refractivity contribution is -0.136. The summed E-state index contributed by atoms with van der Waals surface area (Å²) in [5, 5.41) is 7.59. The molecule has 3 aromatic carbocycles. The maximum atomic E-state index is 13.5. The number of carbonyl (C=O) groups excluding carboxylic acids is 2. The second kappa shape index (κ2) is 13.9. The van der Waals surface area contributed by atoms with E-state index in [1.54, 1.807) is 24.3 Å². The standard InChI is InChI=1S/C27H19Cl5N4O5S/c28-17-2-7-21(8-3-17)42(39,40)36(14-16-1-9-22(29)24(31)11-16)15-20-6-5-19(41-20)13-33-35-27(38)26(37)34-18-4-10-23(30)25(32)12-18/h1-13H,14-15H2,(H,34,37)(H,35,38)/b33-13+. The molecule has 2 N–H and O–H groups in total. The van der Waals surface area contributed by atoms with Gasteiger partial charge in [0.05, 0.1) is 37.7 Å². The molecule has 4 rings (SSSR count). The maximum Gasteiger partial charge on any atom is 0.329 e.